The summed E-state index contributed by atoms with van der Waals surface area (Å²) in [6.07, 6.45) is 0. The van der Waals surface area contributed by atoms with E-state index >= 15 is 0 Å². The number of carbonyl (C=O) groups excluding carboxylic acids is 2. The molecule has 2 amide bonds. The first-order chi connectivity index (χ1) is 19.3. The highest BCUT2D eigenvalue weighted by molar-refractivity contribution is 7.92. The van der Waals surface area contributed by atoms with Crippen molar-refractivity contribution in [3.8, 4) is 5.75 Å². The summed E-state index contributed by atoms with van der Waals surface area (Å²) < 4.78 is 34.2. The van der Waals surface area contributed by atoms with Gasteiger partial charge in [0.05, 0.1) is 27.7 Å². The van der Waals surface area contributed by atoms with E-state index in [0.29, 0.717) is 27.9 Å². The van der Waals surface area contributed by atoms with Crippen LogP contribution in [-0.4, -0.2) is 51.4 Å². The first-order valence-electron chi connectivity index (χ1n) is 13.1. The number of aryl methyl sites for hydroxylation is 1. The Morgan fingerprint density at radius 2 is 1.63 bits per heavy atom. The highest BCUT2D eigenvalue weighted by Crippen LogP contribution is 2.28. The lowest BCUT2D eigenvalue weighted by atomic mass is 10.1. The molecular weight excluding hydrogens is 585 g/mol. The van der Waals surface area contributed by atoms with E-state index < -0.39 is 28.5 Å². The number of anilines is 1. The summed E-state index contributed by atoms with van der Waals surface area (Å²) >= 11 is 12.3. The average molecular weight is 621 g/mol. The molecule has 0 aliphatic rings. The fourth-order valence-electron chi connectivity index (χ4n) is 4.00. The maximum atomic E-state index is 14.0. The van der Waals surface area contributed by atoms with E-state index in [1.807, 2.05) is 20.8 Å². The molecule has 0 heterocycles. The van der Waals surface area contributed by atoms with Gasteiger partial charge in [-0.2, -0.15) is 0 Å². The topological polar surface area (TPSA) is 96.0 Å². The summed E-state index contributed by atoms with van der Waals surface area (Å²) in [5.74, 6) is -0.315. The molecule has 3 rings (SSSR count). The van der Waals surface area contributed by atoms with Crippen molar-refractivity contribution in [1.82, 2.24) is 10.2 Å². The van der Waals surface area contributed by atoms with Crippen molar-refractivity contribution < 1.29 is 22.7 Å². The van der Waals surface area contributed by atoms with Crippen molar-refractivity contribution in [3.05, 3.63) is 87.9 Å². The van der Waals surface area contributed by atoms with Gasteiger partial charge in [0.1, 0.15) is 18.3 Å². The monoisotopic (exact) mass is 619 g/mol. The first kappa shape index (κ1) is 32.2. The summed E-state index contributed by atoms with van der Waals surface area (Å²) in [5, 5.41) is 3.51. The lowest BCUT2D eigenvalue weighted by molar-refractivity contribution is -0.139. The van der Waals surface area contributed by atoms with Gasteiger partial charge in [0.15, 0.2) is 0 Å². The SMILES string of the molecule is COc1cccc(N(CC(=O)N(Cc2ccc(Cl)c(Cl)c2)C(C)C(=O)NCC(C)C)S(=O)(=O)c2ccc(C)cc2)c1. The Hall–Kier alpha value is -3.27. The van der Waals surface area contributed by atoms with Crippen LogP contribution >= 0.6 is 23.2 Å². The summed E-state index contributed by atoms with van der Waals surface area (Å²) in [5.41, 5.74) is 1.76. The van der Waals surface area contributed by atoms with E-state index in [9.17, 15) is 18.0 Å². The second-order valence-electron chi connectivity index (χ2n) is 10.1. The fourth-order valence-corrected chi connectivity index (χ4v) is 5.73. The number of methoxy groups -OCH3 is 1. The Balaban J connectivity index is 2.04. The summed E-state index contributed by atoms with van der Waals surface area (Å²) in [6, 6.07) is 16.8. The number of hydrogen-bond acceptors (Lipinski definition) is 5. The molecule has 11 heteroatoms. The van der Waals surface area contributed by atoms with Crippen molar-refractivity contribution in [1.29, 1.82) is 0 Å². The molecule has 3 aromatic carbocycles. The van der Waals surface area contributed by atoms with Gasteiger partial charge in [-0.05, 0) is 61.7 Å². The molecule has 1 atom stereocenters. The second-order valence-corrected chi connectivity index (χ2v) is 12.8. The minimum Gasteiger partial charge on any atom is -0.497 e. The maximum absolute atomic E-state index is 14.0. The number of amides is 2. The van der Waals surface area contributed by atoms with E-state index in [2.05, 4.69) is 5.32 Å². The number of nitrogens with one attached hydrogen (secondary N) is 1. The largest absolute Gasteiger partial charge is 0.497 e. The molecule has 3 aromatic rings. The Kier molecular flexibility index (Phi) is 11.1. The van der Waals surface area contributed by atoms with Crippen LogP contribution in [0.2, 0.25) is 10.0 Å². The third kappa shape index (κ3) is 8.38. The van der Waals surface area contributed by atoms with Gasteiger partial charge in [-0.15, -0.1) is 0 Å². The highest BCUT2D eigenvalue weighted by atomic mass is 35.5. The lowest BCUT2D eigenvalue weighted by Gasteiger charge is -2.32. The number of rotatable bonds is 12. The van der Waals surface area contributed by atoms with Crippen LogP contribution in [0.1, 0.15) is 31.9 Å². The number of ether oxygens (including phenoxy) is 1. The van der Waals surface area contributed by atoms with Crippen LogP contribution in [0, 0.1) is 12.8 Å². The van der Waals surface area contributed by atoms with E-state index in [1.54, 1.807) is 61.5 Å². The van der Waals surface area contributed by atoms with Crippen LogP contribution in [0.15, 0.2) is 71.6 Å². The van der Waals surface area contributed by atoms with Crippen LogP contribution < -0.4 is 14.4 Å². The quantitative estimate of drug-likeness (QED) is 0.281. The van der Waals surface area contributed by atoms with Crippen molar-refractivity contribution in [2.75, 3.05) is 24.5 Å². The fraction of sp³-hybridized carbons (Fsp3) is 0.333. The molecule has 0 fully saturated rings. The van der Waals surface area contributed by atoms with Gasteiger partial charge in [0.25, 0.3) is 10.0 Å². The van der Waals surface area contributed by atoms with Crippen molar-refractivity contribution in [3.63, 3.8) is 0 Å². The zero-order valence-electron chi connectivity index (χ0n) is 23.7. The van der Waals surface area contributed by atoms with E-state index in [1.165, 1.54) is 24.1 Å². The van der Waals surface area contributed by atoms with Crippen molar-refractivity contribution in [2.24, 2.45) is 5.92 Å². The van der Waals surface area contributed by atoms with E-state index in [0.717, 1.165) is 9.87 Å². The molecule has 1 unspecified atom stereocenters. The third-order valence-electron chi connectivity index (χ3n) is 6.42. The average Bonchev–Trinajstić information content (AvgIpc) is 2.94. The molecule has 0 bridgehead atoms. The lowest BCUT2D eigenvalue weighted by Crippen LogP contribution is -2.51. The summed E-state index contributed by atoms with van der Waals surface area (Å²) in [7, 11) is -2.71. The Morgan fingerprint density at radius 1 is 0.951 bits per heavy atom. The van der Waals surface area contributed by atoms with Crippen LogP contribution in [0.3, 0.4) is 0 Å². The van der Waals surface area contributed by atoms with Gasteiger partial charge >= 0.3 is 0 Å². The second kappa shape index (κ2) is 14.1. The number of carbonyl (C=O) groups is 2. The predicted octanol–water partition coefficient (Wildman–Crippen LogP) is 5.70. The summed E-state index contributed by atoms with van der Waals surface area (Å²) in [6.45, 7) is 7.25. The maximum Gasteiger partial charge on any atom is 0.264 e. The number of benzene rings is 3. The Bertz CT molecular complexity index is 1480. The zero-order chi connectivity index (χ0) is 30.3. The molecule has 1 N–H and O–H groups in total. The molecule has 0 spiro atoms. The standard InChI is InChI=1S/C30H35Cl2N3O5S/c1-20(2)17-33-30(37)22(4)34(18-23-11-14-27(31)28(32)15-23)29(36)19-35(24-7-6-8-25(16-24)40-5)41(38,39)26-12-9-21(3)10-13-26/h6-16,20,22H,17-19H2,1-5H3,(H,33,37). The molecule has 41 heavy (non-hydrogen) atoms. The van der Waals surface area contributed by atoms with Gasteiger partial charge in [-0.3, -0.25) is 13.9 Å². The Labute approximate surface area is 252 Å². The van der Waals surface area contributed by atoms with Crippen LogP contribution in [-0.2, 0) is 26.2 Å². The molecule has 0 saturated carbocycles. The van der Waals surface area contributed by atoms with Crippen LogP contribution in [0.4, 0.5) is 5.69 Å². The number of nitrogens with zero attached hydrogens (tertiary/aromatic N) is 2. The van der Waals surface area contributed by atoms with Crippen molar-refractivity contribution in [2.45, 2.75) is 45.2 Å². The van der Waals surface area contributed by atoms with Gasteiger partial charge in [-0.25, -0.2) is 8.42 Å². The number of halogens is 2. The molecular formula is C30H35Cl2N3O5S. The van der Waals surface area contributed by atoms with Gasteiger partial charge in [0.2, 0.25) is 11.8 Å². The molecule has 0 aliphatic carbocycles. The zero-order valence-corrected chi connectivity index (χ0v) is 26.1. The first-order valence-corrected chi connectivity index (χ1v) is 15.3. The highest BCUT2D eigenvalue weighted by Gasteiger charge is 2.32. The molecule has 0 aliphatic heterocycles. The van der Waals surface area contributed by atoms with E-state index in [4.69, 9.17) is 27.9 Å². The molecule has 0 aromatic heterocycles. The normalized spacial score (nSPS) is 12.1. The van der Waals surface area contributed by atoms with Crippen LogP contribution in [0.5, 0.6) is 5.75 Å². The van der Waals surface area contributed by atoms with Gasteiger partial charge < -0.3 is 15.0 Å². The third-order valence-corrected chi connectivity index (χ3v) is 8.95. The minimum atomic E-state index is -4.19. The molecule has 0 saturated heterocycles. The Morgan fingerprint density at radius 3 is 2.24 bits per heavy atom. The van der Waals surface area contributed by atoms with Gasteiger partial charge in [-0.1, -0.05) is 66.9 Å². The number of hydrogen-bond donors (Lipinski definition) is 1. The smallest absolute Gasteiger partial charge is 0.264 e. The van der Waals surface area contributed by atoms with Gasteiger partial charge in [0, 0.05) is 19.2 Å². The van der Waals surface area contributed by atoms with E-state index in [-0.39, 0.29) is 29.0 Å². The minimum absolute atomic E-state index is 0.00250. The summed E-state index contributed by atoms with van der Waals surface area (Å²) in [4.78, 5) is 28.5. The molecule has 220 valence electrons. The molecule has 8 nitrogen and oxygen atoms in total. The van der Waals surface area contributed by atoms with Crippen molar-refractivity contribution >= 4 is 50.7 Å². The van der Waals surface area contributed by atoms with Crippen LogP contribution in [0.25, 0.3) is 0 Å². The predicted molar refractivity (Wildman–Crippen MR) is 163 cm³/mol. The molecule has 0 radical (unpaired) electrons. The number of sulfonamides is 1.